The predicted octanol–water partition coefficient (Wildman–Crippen LogP) is 4.23. The maximum atomic E-state index is 14.0. The highest BCUT2D eigenvalue weighted by atomic mass is 127. The summed E-state index contributed by atoms with van der Waals surface area (Å²) in [5.41, 5.74) is 1.44. The van der Waals surface area contributed by atoms with Gasteiger partial charge < -0.3 is 14.8 Å². The van der Waals surface area contributed by atoms with Gasteiger partial charge in [-0.1, -0.05) is 28.7 Å². The lowest BCUT2D eigenvalue weighted by atomic mass is 10.1. The summed E-state index contributed by atoms with van der Waals surface area (Å²) in [6, 6.07) is 8.16. The van der Waals surface area contributed by atoms with Gasteiger partial charge in [0.25, 0.3) is 5.91 Å². The van der Waals surface area contributed by atoms with Crippen molar-refractivity contribution in [2.24, 2.45) is 0 Å². The first-order valence-electron chi connectivity index (χ1n) is 6.93. The molecule has 0 aliphatic heterocycles. The molecule has 0 heterocycles. The van der Waals surface area contributed by atoms with Crippen molar-refractivity contribution in [2.45, 2.75) is 11.4 Å². The molecule has 122 valence electrons. The predicted molar refractivity (Wildman–Crippen MR) is 95.3 cm³/mol. The van der Waals surface area contributed by atoms with Crippen LogP contribution in [0.5, 0.6) is 17.2 Å². The van der Waals surface area contributed by atoms with E-state index >= 15 is 0 Å². The van der Waals surface area contributed by atoms with Crippen LogP contribution in [0.4, 0.5) is 4.39 Å². The highest BCUT2D eigenvalue weighted by Gasteiger charge is 2.17. The Bertz CT molecular complexity index is 734. The quantitative estimate of drug-likeness (QED) is 0.572. The van der Waals surface area contributed by atoms with Gasteiger partial charge in [-0.3, -0.25) is 4.79 Å². The van der Waals surface area contributed by atoms with Crippen LogP contribution < -0.4 is 14.8 Å². The number of carbonyl (C=O) groups is 1. The minimum absolute atomic E-state index is 0.154. The average molecular weight is 429 g/mol. The zero-order chi connectivity index (χ0) is 17.0. The molecule has 6 heteroatoms. The molecule has 23 heavy (non-hydrogen) atoms. The van der Waals surface area contributed by atoms with Crippen LogP contribution in [0.2, 0.25) is 0 Å². The average Bonchev–Trinajstić information content (AvgIpc) is 2.57. The fourth-order valence-corrected chi connectivity index (χ4v) is 2.72. The van der Waals surface area contributed by atoms with Crippen LogP contribution >= 0.6 is 22.6 Å². The lowest BCUT2D eigenvalue weighted by Crippen LogP contribution is -2.19. The van der Waals surface area contributed by atoms with Crippen molar-refractivity contribution >= 4 is 28.5 Å². The number of hydrogen-bond donors (Lipinski definition) is 1. The van der Waals surface area contributed by atoms with Gasteiger partial charge in [-0.25, -0.2) is 4.39 Å². The van der Waals surface area contributed by atoms with Crippen molar-refractivity contribution in [3.63, 3.8) is 0 Å². The van der Waals surface area contributed by atoms with Gasteiger partial charge >= 0.3 is 0 Å². The van der Waals surface area contributed by atoms with E-state index in [9.17, 15) is 9.18 Å². The van der Waals surface area contributed by atoms with Crippen LogP contribution in [-0.2, 0) is 4.43 Å². The molecule has 0 spiro atoms. The Morgan fingerprint density at radius 1 is 1.26 bits per heavy atom. The Labute approximate surface area is 148 Å². The Morgan fingerprint density at radius 2 is 1.96 bits per heavy atom. The number of rotatable bonds is 5. The van der Waals surface area contributed by atoms with Crippen LogP contribution in [0.1, 0.15) is 21.5 Å². The van der Waals surface area contributed by atoms with Gasteiger partial charge in [-0.15, -0.1) is 0 Å². The first kappa shape index (κ1) is 17.5. The summed E-state index contributed by atoms with van der Waals surface area (Å²) in [7, 11) is 3.07. The van der Waals surface area contributed by atoms with Crippen molar-refractivity contribution in [3.8, 4) is 17.2 Å². The molecular weight excluding hydrogens is 412 g/mol. The number of alkyl halides is 1. The number of benzene rings is 2. The first-order chi connectivity index (χ1) is 11.0. The molecule has 2 aromatic rings. The van der Waals surface area contributed by atoms with Gasteiger partial charge in [-0.05, 0) is 31.2 Å². The van der Waals surface area contributed by atoms with Crippen LogP contribution in [0.3, 0.4) is 0 Å². The van der Waals surface area contributed by atoms with Crippen LogP contribution in [0, 0.1) is 12.7 Å². The topological polar surface area (TPSA) is 47.6 Å². The normalized spacial score (nSPS) is 10.3. The second-order valence-electron chi connectivity index (χ2n) is 4.84. The smallest absolute Gasteiger partial charge is 0.254 e. The molecule has 2 rings (SSSR count). The van der Waals surface area contributed by atoms with Gasteiger partial charge in [0.05, 0.1) is 12.7 Å². The Kier molecular flexibility index (Phi) is 5.81. The molecule has 0 aromatic heterocycles. The molecule has 4 nitrogen and oxygen atoms in total. The monoisotopic (exact) mass is 429 g/mol. The first-order valence-corrected chi connectivity index (χ1v) is 8.46. The summed E-state index contributed by atoms with van der Waals surface area (Å²) >= 11 is 2.07. The summed E-state index contributed by atoms with van der Waals surface area (Å²) < 4.78 is 25.6. The summed E-state index contributed by atoms with van der Waals surface area (Å²) in [6.45, 7) is 1.86. The Morgan fingerprint density at radius 3 is 2.57 bits per heavy atom. The Balaban J connectivity index is 2.52. The van der Waals surface area contributed by atoms with Crippen molar-refractivity contribution in [1.29, 1.82) is 0 Å². The largest absolute Gasteiger partial charge is 0.496 e. The van der Waals surface area contributed by atoms with E-state index in [0.717, 1.165) is 5.56 Å². The van der Waals surface area contributed by atoms with E-state index in [1.165, 1.54) is 13.1 Å². The minimum Gasteiger partial charge on any atom is -0.496 e. The molecule has 0 radical (unpaired) electrons. The lowest BCUT2D eigenvalue weighted by molar-refractivity contribution is 0.0960. The summed E-state index contributed by atoms with van der Waals surface area (Å²) in [5, 5.41) is 2.50. The van der Waals surface area contributed by atoms with Gasteiger partial charge in [0.1, 0.15) is 23.1 Å². The fraction of sp³-hybridized carbons (Fsp3) is 0.235. The molecule has 1 N–H and O–H groups in total. The summed E-state index contributed by atoms with van der Waals surface area (Å²) in [4.78, 5) is 12.0. The number of amides is 1. The molecule has 0 fully saturated rings. The molecule has 0 atom stereocenters. The summed E-state index contributed by atoms with van der Waals surface area (Å²) in [5.74, 6) is 0.724. The zero-order valence-electron chi connectivity index (χ0n) is 13.1. The van der Waals surface area contributed by atoms with Crippen molar-refractivity contribution in [2.75, 3.05) is 14.2 Å². The number of halogens is 2. The third-order valence-electron chi connectivity index (χ3n) is 3.44. The molecule has 2 aromatic carbocycles. The molecule has 0 bridgehead atoms. The van der Waals surface area contributed by atoms with Crippen molar-refractivity contribution in [1.82, 2.24) is 5.32 Å². The van der Waals surface area contributed by atoms with E-state index in [1.807, 2.05) is 13.0 Å². The number of hydrogen-bond acceptors (Lipinski definition) is 3. The van der Waals surface area contributed by atoms with Crippen molar-refractivity contribution in [3.05, 3.63) is 52.8 Å². The lowest BCUT2D eigenvalue weighted by Gasteiger charge is -2.15. The van der Waals surface area contributed by atoms with Crippen LogP contribution in [0.15, 0.2) is 30.3 Å². The molecular formula is C17H17FINO3. The van der Waals surface area contributed by atoms with Crippen LogP contribution in [-0.4, -0.2) is 20.1 Å². The standard InChI is InChI=1S/C17H17FINO3/c1-10-14(22-3)5-4-6-15(10)23-16-7-11(9-19)13(18)8-12(16)17(21)20-2/h4-8H,9H2,1-3H3,(H,20,21). The number of carbonyl (C=O) groups excluding carboxylic acids is 1. The van der Waals surface area contributed by atoms with E-state index < -0.39 is 11.7 Å². The van der Waals surface area contributed by atoms with E-state index in [-0.39, 0.29) is 5.56 Å². The Hall–Kier alpha value is -1.83. The maximum absolute atomic E-state index is 14.0. The van der Waals surface area contributed by atoms with E-state index in [4.69, 9.17) is 9.47 Å². The van der Waals surface area contributed by atoms with Gasteiger partial charge in [0.15, 0.2) is 0 Å². The highest BCUT2D eigenvalue weighted by molar-refractivity contribution is 14.1. The van der Waals surface area contributed by atoms with E-state index in [1.54, 1.807) is 25.3 Å². The number of nitrogens with one attached hydrogen (secondary N) is 1. The molecule has 0 aliphatic rings. The maximum Gasteiger partial charge on any atom is 0.254 e. The second kappa shape index (κ2) is 7.63. The summed E-state index contributed by atoms with van der Waals surface area (Å²) in [6.07, 6.45) is 0. The number of ether oxygens (including phenoxy) is 2. The van der Waals surface area contributed by atoms with Gasteiger partial charge in [0.2, 0.25) is 0 Å². The number of methoxy groups -OCH3 is 1. The van der Waals surface area contributed by atoms with Crippen LogP contribution in [0.25, 0.3) is 0 Å². The molecule has 1 amide bonds. The highest BCUT2D eigenvalue weighted by Crippen LogP contribution is 2.34. The van der Waals surface area contributed by atoms with Crippen molar-refractivity contribution < 1.29 is 18.7 Å². The van der Waals surface area contributed by atoms with Gasteiger partial charge in [0, 0.05) is 22.6 Å². The van der Waals surface area contributed by atoms with E-state index in [2.05, 4.69) is 27.9 Å². The molecule has 0 saturated heterocycles. The fourth-order valence-electron chi connectivity index (χ4n) is 2.14. The SMILES string of the molecule is CNC(=O)c1cc(F)c(CI)cc1Oc1cccc(OC)c1C. The minimum atomic E-state index is -0.423. The molecule has 0 aliphatic carbocycles. The molecule has 0 unspecified atom stereocenters. The second-order valence-corrected chi connectivity index (χ2v) is 5.60. The van der Waals surface area contributed by atoms with Gasteiger partial charge in [-0.2, -0.15) is 0 Å². The molecule has 0 saturated carbocycles. The third kappa shape index (κ3) is 3.74. The zero-order valence-corrected chi connectivity index (χ0v) is 15.2. The third-order valence-corrected chi connectivity index (χ3v) is 4.26. The van der Waals surface area contributed by atoms with E-state index in [0.29, 0.717) is 27.2 Å².